The van der Waals surface area contributed by atoms with E-state index >= 15 is 0 Å². The Morgan fingerprint density at radius 2 is 1.50 bits per heavy atom. The molecule has 0 heterocycles. The minimum Gasteiger partial charge on any atom is -0.325 e. The predicted molar refractivity (Wildman–Crippen MR) is 81.4 cm³/mol. The highest BCUT2D eigenvalue weighted by molar-refractivity contribution is 7.74. The first-order valence-corrected chi connectivity index (χ1v) is 7.08. The number of benzene rings is 2. The smallest absolute Gasteiger partial charge is 0.261 e. The Morgan fingerprint density at radius 1 is 0.944 bits per heavy atom. The molecule has 2 aromatic rings. The summed E-state index contributed by atoms with van der Waals surface area (Å²) in [5.74, 6) is 0. The second kappa shape index (κ2) is 6.04. The number of aryl methyl sites for hydroxylation is 1. The average molecular weight is 260 g/mol. The van der Waals surface area contributed by atoms with Crippen molar-refractivity contribution >= 4 is 26.4 Å². The third-order valence-electron chi connectivity index (χ3n) is 2.79. The van der Waals surface area contributed by atoms with Crippen molar-refractivity contribution in [3.8, 4) is 0 Å². The van der Waals surface area contributed by atoms with Crippen molar-refractivity contribution in [2.45, 2.75) is 6.92 Å². The lowest BCUT2D eigenvalue weighted by atomic mass is 10.2. The molecule has 0 saturated carbocycles. The van der Waals surface area contributed by atoms with Gasteiger partial charge in [0, 0.05) is 17.7 Å². The van der Waals surface area contributed by atoms with Crippen molar-refractivity contribution in [1.29, 1.82) is 0 Å². The molecule has 1 atom stereocenters. The van der Waals surface area contributed by atoms with E-state index in [4.69, 9.17) is 4.52 Å². The molecular formula is C14H18BO2P. The summed E-state index contributed by atoms with van der Waals surface area (Å²) in [6, 6.07) is 17.0. The molecule has 0 fully saturated rings. The zero-order valence-corrected chi connectivity index (χ0v) is 10.9. The van der Waals surface area contributed by atoms with E-state index in [1.807, 2.05) is 61.5 Å². The Morgan fingerprint density at radius 3 is 2.06 bits per heavy atom. The topological polar surface area (TPSA) is 26.3 Å². The van der Waals surface area contributed by atoms with Crippen molar-refractivity contribution in [2.24, 2.45) is 0 Å². The summed E-state index contributed by atoms with van der Waals surface area (Å²) >= 11 is 0. The van der Waals surface area contributed by atoms with Gasteiger partial charge in [-0.2, -0.15) is 0 Å². The molecule has 0 N–H and O–H groups in total. The Labute approximate surface area is 110 Å². The number of rotatable bonds is 3. The maximum Gasteiger partial charge on any atom is 0.261 e. The normalized spacial score (nSPS) is 13.4. The van der Waals surface area contributed by atoms with Gasteiger partial charge in [-0.3, -0.25) is 4.57 Å². The summed E-state index contributed by atoms with van der Waals surface area (Å²) in [5, 5.41) is 1.51. The second-order valence-corrected chi connectivity index (χ2v) is 6.32. The maximum absolute atomic E-state index is 13.0. The van der Waals surface area contributed by atoms with E-state index in [9.17, 15) is 4.57 Å². The van der Waals surface area contributed by atoms with E-state index in [1.54, 1.807) is 0 Å². The quantitative estimate of drug-likeness (QED) is 0.620. The first-order chi connectivity index (χ1) is 8.18. The molecule has 2 nitrogen and oxygen atoms in total. The van der Waals surface area contributed by atoms with Crippen LogP contribution in [0.1, 0.15) is 5.56 Å². The predicted octanol–water partition coefficient (Wildman–Crippen LogP) is 1.69. The van der Waals surface area contributed by atoms with Gasteiger partial charge in [-0.05, 0) is 30.7 Å². The lowest BCUT2D eigenvalue weighted by Crippen LogP contribution is -2.19. The van der Waals surface area contributed by atoms with Gasteiger partial charge >= 0.3 is 0 Å². The summed E-state index contributed by atoms with van der Waals surface area (Å²) in [5.41, 5.74) is 0.988. The Hall–Kier alpha value is -1.31. The lowest BCUT2D eigenvalue weighted by molar-refractivity contribution is 0.412. The van der Waals surface area contributed by atoms with Gasteiger partial charge in [0.05, 0.1) is 8.41 Å². The van der Waals surface area contributed by atoms with Crippen molar-refractivity contribution in [1.82, 2.24) is 0 Å². The minimum absolute atomic E-state index is 0. The number of hydrogen-bond donors (Lipinski definition) is 0. The zero-order valence-electron chi connectivity index (χ0n) is 9.96. The third kappa shape index (κ3) is 2.58. The molecule has 0 aromatic heterocycles. The van der Waals surface area contributed by atoms with Crippen LogP contribution < -0.4 is 10.6 Å². The van der Waals surface area contributed by atoms with Gasteiger partial charge in [-0.25, -0.2) is 0 Å². The van der Waals surface area contributed by atoms with Gasteiger partial charge in [-0.15, -0.1) is 0 Å². The SMILES string of the molecule is B.COP(=O)(c1ccccc1)c1ccccc1C. The van der Waals surface area contributed by atoms with Crippen LogP contribution in [0.25, 0.3) is 0 Å². The molecule has 18 heavy (non-hydrogen) atoms. The van der Waals surface area contributed by atoms with Crippen LogP contribution in [0.5, 0.6) is 0 Å². The van der Waals surface area contributed by atoms with Crippen molar-refractivity contribution in [2.75, 3.05) is 7.11 Å². The van der Waals surface area contributed by atoms with Crippen LogP contribution >= 0.6 is 7.37 Å². The first-order valence-electron chi connectivity index (χ1n) is 5.46. The Bertz CT molecular complexity index is 555. The molecule has 0 aliphatic rings. The van der Waals surface area contributed by atoms with Gasteiger partial charge in [-0.1, -0.05) is 36.4 Å². The lowest BCUT2D eigenvalue weighted by Gasteiger charge is -2.18. The minimum atomic E-state index is -2.94. The van der Waals surface area contributed by atoms with Crippen LogP contribution in [-0.4, -0.2) is 15.5 Å². The van der Waals surface area contributed by atoms with Crippen LogP contribution in [0.4, 0.5) is 0 Å². The zero-order chi connectivity index (χ0) is 12.3. The maximum atomic E-state index is 13.0. The second-order valence-electron chi connectivity index (χ2n) is 3.86. The van der Waals surface area contributed by atoms with Crippen molar-refractivity contribution < 1.29 is 9.09 Å². The Balaban J connectivity index is 0.00000162. The monoisotopic (exact) mass is 260 g/mol. The highest BCUT2D eigenvalue weighted by Gasteiger charge is 2.28. The van der Waals surface area contributed by atoms with Crippen molar-refractivity contribution in [3.63, 3.8) is 0 Å². The van der Waals surface area contributed by atoms with Gasteiger partial charge in [0.1, 0.15) is 0 Å². The fourth-order valence-corrected chi connectivity index (χ4v) is 3.93. The number of hydrogen-bond acceptors (Lipinski definition) is 2. The Kier molecular flexibility index (Phi) is 4.95. The van der Waals surface area contributed by atoms with Gasteiger partial charge in [0.2, 0.25) is 0 Å². The molecule has 0 aliphatic carbocycles. The molecule has 0 radical (unpaired) electrons. The fourth-order valence-electron chi connectivity index (χ4n) is 1.86. The van der Waals surface area contributed by atoms with E-state index in [0.717, 1.165) is 16.2 Å². The molecule has 1 unspecified atom stereocenters. The average Bonchev–Trinajstić information content (AvgIpc) is 2.39. The molecule has 0 bridgehead atoms. The molecule has 2 rings (SSSR count). The summed E-state index contributed by atoms with van der Waals surface area (Å²) in [7, 11) is -1.44. The van der Waals surface area contributed by atoms with E-state index in [2.05, 4.69) is 0 Å². The molecule has 0 saturated heterocycles. The highest BCUT2D eigenvalue weighted by Crippen LogP contribution is 2.44. The molecule has 94 valence electrons. The molecule has 0 aliphatic heterocycles. The fraction of sp³-hybridized carbons (Fsp3) is 0.143. The largest absolute Gasteiger partial charge is 0.325 e. The van der Waals surface area contributed by atoms with E-state index in [-0.39, 0.29) is 8.41 Å². The van der Waals surface area contributed by atoms with Gasteiger partial charge in [0.25, 0.3) is 7.37 Å². The summed E-state index contributed by atoms with van der Waals surface area (Å²) in [4.78, 5) is 0. The van der Waals surface area contributed by atoms with Gasteiger partial charge < -0.3 is 4.52 Å². The molecule has 0 spiro atoms. The standard InChI is InChI=1S/C14H15O2P.BH3/c1-12-8-6-7-11-14(12)17(15,16-2)13-9-4-3-5-10-13;/h3-11H,1-2H3;1H3. The van der Waals surface area contributed by atoms with Crippen LogP contribution in [0, 0.1) is 6.92 Å². The van der Waals surface area contributed by atoms with E-state index in [0.29, 0.717) is 0 Å². The molecule has 0 amide bonds. The van der Waals surface area contributed by atoms with Crippen molar-refractivity contribution in [3.05, 3.63) is 60.2 Å². The van der Waals surface area contributed by atoms with Crippen LogP contribution in [0.15, 0.2) is 54.6 Å². The van der Waals surface area contributed by atoms with E-state index in [1.165, 1.54) is 7.11 Å². The highest BCUT2D eigenvalue weighted by atomic mass is 31.2. The van der Waals surface area contributed by atoms with E-state index < -0.39 is 7.37 Å². The summed E-state index contributed by atoms with van der Waals surface area (Å²) < 4.78 is 18.3. The van der Waals surface area contributed by atoms with Crippen LogP contribution in [0.2, 0.25) is 0 Å². The first kappa shape index (κ1) is 14.8. The molecular weight excluding hydrogens is 242 g/mol. The van der Waals surface area contributed by atoms with Crippen LogP contribution in [-0.2, 0) is 9.09 Å². The summed E-state index contributed by atoms with van der Waals surface area (Å²) in [6.07, 6.45) is 0. The molecule has 4 heteroatoms. The van der Waals surface area contributed by atoms with Gasteiger partial charge in [0.15, 0.2) is 0 Å². The molecule has 2 aromatic carbocycles. The summed E-state index contributed by atoms with van der Waals surface area (Å²) in [6.45, 7) is 1.95. The third-order valence-corrected chi connectivity index (χ3v) is 5.41. The van der Waals surface area contributed by atoms with Crippen LogP contribution in [0.3, 0.4) is 0 Å².